The molecule has 0 fully saturated rings. The molecule has 0 radical (unpaired) electrons. The summed E-state index contributed by atoms with van der Waals surface area (Å²) in [5, 5.41) is 43.7. The first-order chi connectivity index (χ1) is 38.0. The van der Waals surface area contributed by atoms with E-state index in [1.807, 2.05) is 133 Å². The first kappa shape index (κ1) is 51.0. The van der Waals surface area contributed by atoms with Crippen molar-refractivity contribution in [2.45, 2.75) is 13.5 Å². The van der Waals surface area contributed by atoms with E-state index in [1.54, 1.807) is 40.7 Å². The van der Waals surface area contributed by atoms with Gasteiger partial charge in [0.1, 0.15) is 45.8 Å². The lowest BCUT2D eigenvalue weighted by molar-refractivity contribution is 0.627. The molecule has 0 atom stereocenters. The fraction of sp³-hybridized carbons (Fsp3) is 0.0656. The molecule has 6 heterocycles. The number of aromatic nitrogens is 12. The van der Waals surface area contributed by atoms with Gasteiger partial charge in [0.05, 0.1) is 37.8 Å². The van der Waals surface area contributed by atoms with Gasteiger partial charge in [-0.25, -0.2) is 22.8 Å². The molecule has 12 nitrogen and oxygen atoms in total. The van der Waals surface area contributed by atoms with Crippen molar-refractivity contribution in [3.63, 3.8) is 0 Å². The van der Waals surface area contributed by atoms with Crippen molar-refractivity contribution in [3.8, 4) is 67.5 Å². The van der Waals surface area contributed by atoms with Crippen molar-refractivity contribution in [1.29, 1.82) is 0 Å². The Morgan fingerprint density at radius 2 is 0.705 bits per heavy atom. The molecule has 78 heavy (non-hydrogen) atoms. The SMILES string of the molecule is Cc1cccc(-c2nn(C)c3nnc(-c4ccccc4)c(Cl)c23)c1.Clc1c(-c2ccccc2)nnc2c1c(-c1ccccc1)nn2Cc1ccccc1.Cn1nc(-c2ccc(F)cc2)c2c(Cl)c(-c3ccc(F)cc3)nnc21. The Bertz CT molecular complexity index is 4250. The summed E-state index contributed by atoms with van der Waals surface area (Å²) >= 11 is 20.2. The summed E-state index contributed by atoms with van der Waals surface area (Å²) in [6, 6.07) is 60.0. The summed E-state index contributed by atoms with van der Waals surface area (Å²) in [6.07, 6.45) is 0. The molecule has 382 valence electrons. The van der Waals surface area contributed by atoms with E-state index >= 15 is 0 Å². The Morgan fingerprint density at radius 1 is 0.359 bits per heavy atom. The zero-order valence-electron chi connectivity index (χ0n) is 41.9. The lowest BCUT2D eigenvalue weighted by Crippen LogP contribution is -2.03. The van der Waals surface area contributed by atoms with Crippen LogP contribution in [0.5, 0.6) is 0 Å². The van der Waals surface area contributed by atoms with Gasteiger partial charge in [0, 0.05) is 47.5 Å². The summed E-state index contributed by atoms with van der Waals surface area (Å²) in [6.45, 7) is 2.66. The maximum atomic E-state index is 13.2. The monoisotopic (exact) mass is 1090 g/mol. The summed E-state index contributed by atoms with van der Waals surface area (Å²) < 4.78 is 31.5. The second-order valence-electron chi connectivity index (χ2n) is 18.1. The highest BCUT2D eigenvalue weighted by atomic mass is 35.5. The highest BCUT2D eigenvalue weighted by Gasteiger charge is 2.23. The van der Waals surface area contributed by atoms with Gasteiger partial charge < -0.3 is 0 Å². The van der Waals surface area contributed by atoms with Crippen LogP contribution >= 0.6 is 34.8 Å². The van der Waals surface area contributed by atoms with E-state index in [1.165, 1.54) is 29.8 Å². The minimum Gasteiger partial charge on any atom is -0.248 e. The molecule has 7 aromatic carbocycles. The maximum absolute atomic E-state index is 13.2. The van der Waals surface area contributed by atoms with Gasteiger partial charge in [-0.3, -0.25) is 0 Å². The normalized spacial score (nSPS) is 11.1. The van der Waals surface area contributed by atoms with Crippen LogP contribution in [-0.2, 0) is 20.6 Å². The quantitative estimate of drug-likeness (QED) is 0.146. The first-order valence-electron chi connectivity index (χ1n) is 24.5. The highest BCUT2D eigenvalue weighted by molar-refractivity contribution is 6.39. The van der Waals surface area contributed by atoms with Gasteiger partial charge in [-0.15, -0.1) is 30.6 Å². The third kappa shape index (κ3) is 10.3. The number of aryl methyl sites for hydroxylation is 3. The van der Waals surface area contributed by atoms with Crippen LogP contribution in [0.1, 0.15) is 11.1 Å². The minimum atomic E-state index is -0.345. The molecule has 6 aromatic heterocycles. The average Bonchev–Trinajstić information content (AvgIpc) is 4.24. The number of fused-ring (bicyclic) bond motifs is 3. The molecule has 0 bridgehead atoms. The number of hydrogen-bond donors (Lipinski definition) is 0. The second-order valence-corrected chi connectivity index (χ2v) is 19.2. The highest BCUT2D eigenvalue weighted by Crippen LogP contribution is 2.40. The predicted molar refractivity (Wildman–Crippen MR) is 306 cm³/mol. The van der Waals surface area contributed by atoms with E-state index in [9.17, 15) is 8.78 Å². The fourth-order valence-electron chi connectivity index (χ4n) is 9.02. The summed E-state index contributed by atoms with van der Waals surface area (Å²) in [5.41, 5.74) is 13.4. The Kier molecular flexibility index (Phi) is 14.6. The molecule has 13 aromatic rings. The Hall–Kier alpha value is -9.08. The molecule has 0 unspecified atom stereocenters. The van der Waals surface area contributed by atoms with Crippen LogP contribution in [0.25, 0.3) is 101 Å². The standard InChI is InChI=1S/C24H17ClN4.C19H15ClN4.C18H11ClF2N4/c25-21-20-22(18-12-6-2-7-13-18)28-29(16-17-10-4-1-5-11-17)24(20)27-26-23(21)19-14-8-3-9-15-19;1-12-7-6-10-14(11-12)17-15-16(20)18(13-8-4-3-5-9-13)21-22-19(15)24(2)23-17;1-25-18-14(16(24-25)10-2-6-12(20)7-3-10)15(19)17(22-23-18)11-4-8-13(21)9-5-11/h1-15H,16H2;3-11H,1-2H3;2-9H,1H3. The van der Waals surface area contributed by atoms with E-state index in [-0.39, 0.29) is 11.6 Å². The third-order valence-electron chi connectivity index (χ3n) is 12.8. The first-order valence-corrected chi connectivity index (χ1v) is 25.6. The molecule has 0 saturated heterocycles. The predicted octanol–water partition coefficient (Wildman–Crippen LogP) is 15.2. The average molecular weight is 1090 g/mol. The van der Waals surface area contributed by atoms with Gasteiger partial charge in [-0.1, -0.05) is 180 Å². The van der Waals surface area contributed by atoms with E-state index in [0.29, 0.717) is 77.8 Å². The van der Waals surface area contributed by atoms with E-state index in [4.69, 9.17) is 39.9 Å². The Morgan fingerprint density at radius 3 is 1.15 bits per heavy atom. The zero-order valence-corrected chi connectivity index (χ0v) is 44.2. The molecule has 0 aliphatic heterocycles. The summed E-state index contributed by atoms with van der Waals surface area (Å²) in [7, 11) is 3.59. The number of benzene rings is 7. The largest absolute Gasteiger partial charge is 0.248 e. The Labute approximate surface area is 461 Å². The van der Waals surface area contributed by atoms with Crippen molar-refractivity contribution in [1.82, 2.24) is 59.9 Å². The van der Waals surface area contributed by atoms with Crippen LogP contribution in [0.15, 0.2) is 194 Å². The number of hydrogen-bond acceptors (Lipinski definition) is 9. The van der Waals surface area contributed by atoms with Crippen LogP contribution in [-0.4, -0.2) is 59.9 Å². The van der Waals surface area contributed by atoms with Gasteiger partial charge in [-0.2, -0.15) is 15.3 Å². The van der Waals surface area contributed by atoms with Gasteiger partial charge >= 0.3 is 0 Å². The molecule has 17 heteroatoms. The van der Waals surface area contributed by atoms with Crippen molar-refractivity contribution < 1.29 is 8.78 Å². The van der Waals surface area contributed by atoms with Crippen LogP contribution in [0.3, 0.4) is 0 Å². The van der Waals surface area contributed by atoms with E-state index < -0.39 is 0 Å². The fourth-order valence-corrected chi connectivity index (χ4v) is 9.98. The van der Waals surface area contributed by atoms with Crippen molar-refractivity contribution in [2.24, 2.45) is 14.1 Å². The summed E-state index contributed by atoms with van der Waals surface area (Å²) in [5.74, 6) is -0.677. The maximum Gasteiger partial charge on any atom is 0.182 e. The molecule has 0 aliphatic carbocycles. The van der Waals surface area contributed by atoms with Crippen molar-refractivity contribution >= 4 is 67.9 Å². The van der Waals surface area contributed by atoms with Gasteiger partial charge in [-0.05, 0) is 67.1 Å². The molecular formula is C61H43Cl3F2N12. The van der Waals surface area contributed by atoms with Crippen LogP contribution in [0, 0.1) is 18.6 Å². The van der Waals surface area contributed by atoms with Crippen LogP contribution < -0.4 is 0 Å². The van der Waals surface area contributed by atoms with E-state index in [2.05, 4.69) is 72.0 Å². The molecule has 0 spiro atoms. The van der Waals surface area contributed by atoms with Gasteiger partial charge in [0.2, 0.25) is 0 Å². The molecule has 0 aliphatic rings. The van der Waals surface area contributed by atoms with E-state index in [0.717, 1.165) is 50.0 Å². The van der Waals surface area contributed by atoms with Crippen molar-refractivity contribution in [2.75, 3.05) is 0 Å². The topological polar surface area (TPSA) is 131 Å². The molecular weight excluding hydrogens is 1050 g/mol. The second kappa shape index (κ2) is 22.3. The smallest absolute Gasteiger partial charge is 0.182 e. The van der Waals surface area contributed by atoms with Crippen LogP contribution in [0.2, 0.25) is 15.1 Å². The number of rotatable bonds is 8. The third-order valence-corrected chi connectivity index (χ3v) is 13.9. The minimum absolute atomic E-state index is 0.332. The van der Waals surface area contributed by atoms with Crippen LogP contribution in [0.4, 0.5) is 8.78 Å². The molecule has 0 N–H and O–H groups in total. The number of halogens is 5. The van der Waals surface area contributed by atoms with Gasteiger partial charge in [0.25, 0.3) is 0 Å². The number of nitrogens with zero attached hydrogens (tertiary/aromatic N) is 12. The lowest BCUT2D eigenvalue weighted by atomic mass is 10.1. The van der Waals surface area contributed by atoms with Gasteiger partial charge in [0.15, 0.2) is 16.9 Å². The molecule has 13 rings (SSSR count). The zero-order chi connectivity index (χ0) is 53.9. The molecule has 0 saturated carbocycles. The lowest BCUT2D eigenvalue weighted by Gasteiger charge is -2.06. The molecule has 0 amide bonds. The summed E-state index contributed by atoms with van der Waals surface area (Å²) in [4.78, 5) is 0. The van der Waals surface area contributed by atoms with Crippen molar-refractivity contribution in [3.05, 3.63) is 232 Å². The Balaban J connectivity index is 0.000000125.